The summed E-state index contributed by atoms with van der Waals surface area (Å²) in [6.45, 7) is 0.940. The van der Waals surface area contributed by atoms with Crippen molar-refractivity contribution in [1.82, 2.24) is 15.1 Å². The van der Waals surface area contributed by atoms with Crippen LogP contribution in [0.25, 0.3) is 0 Å². The fourth-order valence-electron chi connectivity index (χ4n) is 2.47. The Morgan fingerprint density at radius 2 is 2.11 bits per heavy atom. The Hall–Kier alpha value is -0.460. The maximum absolute atomic E-state index is 13.0. The summed E-state index contributed by atoms with van der Waals surface area (Å²) >= 11 is 0. The number of hydrogen-bond acceptors (Lipinski definition) is 3. The highest BCUT2D eigenvalue weighted by Gasteiger charge is 2.44. The topological polar surface area (TPSA) is 35.6 Å². The largest absolute Gasteiger partial charge is 0.340 e. The molecule has 0 aromatic rings. The monoisotopic (exact) mass is 283 g/mol. The van der Waals surface area contributed by atoms with E-state index in [0.717, 1.165) is 6.42 Å². The van der Waals surface area contributed by atoms with Crippen LogP contribution in [0.1, 0.15) is 12.8 Å². The van der Waals surface area contributed by atoms with Crippen LogP contribution >= 0.6 is 12.4 Å². The van der Waals surface area contributed by atoms with Crippen LogP contribution in [0.15, 0.2) is 0 Å². The number of nitrogens with one attached hydrogen (secondary N) is 1. The first-order chi connectivity index (χ1) is 7.89. The molecule has 1 amide bonds. The van der Waals surface area contributed by atoms with Gasteiger partial charge in [-0.2, -0.15) is 0 Å². The predicted molar refractivity (Wildman–Crippen MR) is 67.3 cm³/mol. The van der Waals surface area contributed by atoms with Crippen LogP contribution in [-0.4, -0.2) is 67.4 Å². The number of carbonyl (C=O) groups excluding carboxylic acids is 1. The Morgan fingerprint density at radius 3 is 2.56 bits per heavy atom. The highest BCUT2D eigenvalue weighted by atomic mass is 35.5. The average molecular weight is 284 g/mol. The Labute approximate surface area is 112 Å². The highest BCUT2D eigenvalue weighted by molar-refractivity contribution is 5.85. The number of hydrogen-bond donors (Lipinski definition) is 1. The van der Waals surface area contributed by atoms with Crippen molar-refractivity contribution in [2.75, 3.05) is 33.7 Å². The van der Waals surface area contributed by atoms with Gasteiger partial charge < -0.3 is 9.80 Å². The van der Waals surface area contributed by atoms with Gasteiger partial charge in [-0.1, -0.05) is 0 Å². The van der Waals surface area contributed by atoms with E-state index in [4.69, 9.17) is 0 Å². The van der Waals surface area contributed by atoms with Crippen molar-refractivity contribution >= 4 is 18.3 Å². The molecule has 18 heavy (non-hydrogen) atoms. The number of carbonyl (C=O) groups is 1. The van der Waals surface area contributed by atoms with Crippen molar-refractivity contribution in [2.45, 2.75) is 30.8 Å². The van der Waals surface area contributed by atoms with Crippen LogP contribution < -0.4 is 5.32 Å². The molecule has 4 nitrogen and oxygen atoms in total. The van der Waals surface area contributed by atoms with E-state index in [9.17, 15) is 13.6 Å². The Kier molecular flexibility index (Phi) is 4.91. The third-order valence-corrected chi connectivity index (χ3v) is 3.61. The quantitative estimate of drug-likeness (QED) is 0.805. The summed E-state index contributed by atoms with van der Waals surface area (Å²) < 4.78 is 26.0. The molecule has 2 saturated heterocycles. The summed E-state index contributed by atoms with van der Waals surface area (Å²) in [5.41, 5.74) is 0. The number of rotatable bonds is 2. The molecular formula is C11H20ClF2N3O. The number of halogens is 3. The molecule has 7 heteroatoms. The second-order valence-corrected chi connectivity index (χ2v) is 5.18. The lowest BCUT2D eigenvalue weighted by Crippen LogP contribution is -2.43. The van der Waals surface area contributed by atoms with E-state index in [1.54, 1.807) is 4.90 Å². The minimum absolute atomic E-state index is 0. The second kappa shape index (κ2) is 5.67. The van der Waals surface area contributed by atoms with Gasteiger partial charge in [0, 0.05) is 25.6 Å². The number of likely N-dealkylation sites (tertiary alicyclic amines) is 1. The smallest absolute Gasteiger partial charge is 0.262 e. The van der Waals surface area contributed by atoms with Gasteiger partial charge in [-0.05, 0) is 20.5 Å². The first-order valence-corrected chi connectivity index (χ1v) is 5.95. The second-order valence-electron chi connectivity index (χ2n) is 5.18. The van der Waals surface area contributed by atoms with Crippen LogP contribution in [0.5, 0.6) is 0 Å². The molecule has 106 valence electrons. The van der Waals surface area contributed by atoms with E-state index in [2.05, 4.69) is 10.2 Å². The van der Waals surface area contributed by atoms with E-state index in [-0.39, 0.29) is 31.3 Å². The molecule has 2 fully saturated rings. The maximum atomic E-state index is 13.0. The zero-order chi connectivity index (χ0) is 12.6. The van der Waals surface area contributed by atoms with Crippen LogP contribution in [-0.2, 0) is 4.79 Å². The van der Waals surface area contributed by atoms with Gasteiger partial charge in [-0.3, -0.25) is 10.1 Å². The van der Waals surface area contributed by atoms with Crippen molar-refractivity contribution in [3.63, 3.8) is 0 Å². The van der Waals surface area contributed by atoms with Crippen LogP contribution in [0.4, 0.5) is 8.78 Å². The minimum Gasteiger partial charge on any atom is -0.340 e. The van der Waals surface area contributed by atoms with Crippen molar-refractivity contribution in [1.29, 1.82) is 0 Å². The molecule has 1 N–H and O–H groups in total. The van der Waals surface area contributed by atoms with Crippen molar-refractivity contribution < 1.29 is 13.6 Å². The molecule has 2 aliphatic heterocycles. The van der Waals surface area contributed by atoms with Crippen LogP contribution in [0.3, 0.4) is 0 Å². The lowest BCUT2D eigenvalue weighted by atomic mass is 10.1. The molecule has 2 unspecified atom stereocenters. The third kappa shape index (κ3) is 3.30. The number of nitrogens with zero attached hydrogens (tertiary/aromatic N) is 2. The lowest BCUT2D eigenvalue weighted by molar-refractivity contribution is -0.132. The zero-order valence-corrected chi connectivity index (χ0v) is 11.5. The van der Waals surface area contributed by atoms with Gasteiger partial charge in [-0.25, -0.2) is 8.78 Å². The van der Waals surface area contributed by atoms with Gasteiger partial charge in [0.1, 0.15) is 0 Å². The summed E-state index contributed by atoms with van der Waals surface area (Å²) in [5.74, 6) is -2.91. The van der Waals surface area contributed by atoms with Gasteiger partial charge in [-0.15, -0.1) is 12.4 Å². The summed E-state index contributed by atoms with van der Waals surface area (Å²) in [5, 5.41) is 2.61. The first-order valence-electron chi connectivity index (χ1n) is 5.95. The Bertz CT molecular complexity index is 315. The Balaban J connectivity index is 0.00000162. The Morgan fingerprint density at radius 1 is 1.44 bits per heavy atom. The van der Waals surface area contributed by atoms with Gasteiger partial charge in [0.25, 0.3) is 5.92 Å². The minimum atomic E-state index is -2.74. The fourth-order valence-corrected chi connectivity index (χ4v) is 2.47. The molecule has 2 rings (SSSR count). The predicted octanol–water partition coefficient (Wildman–Crippen LogP) is 0.568. The molecule has 0 spiro atoms. The molecule has 0 aliphatic carbocycles. The van der Waals surface area contributed by atoms with Gasteiger partial charge in [0.2, 0.25) is 5.91 Å². The summed E-state index contributed by atoms with van der Waals surface area (Å²) in [7, 11) is 3.95. The highest BCUT2D eigenvalue weighted by Crippen LogP contribution is 2.27. The van der Waals surface area contributed by atoms with Crippen molar-refractivity contribution in [3.05, 3.63) is 0 Å². The van der Waals surface area contributed by atoms with E-state index >= 15 is 0 Å². The van der Waals surface area contributed by atoms with Crippen LogP contribution in [0, 0.1) is 0 Å². The molecule has 0 bridgehead atoms. The van der Waals surface area contributed by atoms with E-state index < -0.39 is 12.0 Å². The number of amides is 1. The maximum Gasteiger partial charge on any atom is 0.262 e. The number of likely N-dealkylation sites (N-methyl/N-ethyl adjacent to an activating group) is 1. The van der Waals surface area contributed by atoms with Gasteiger partial charge in [0.05, 0.1) is 12.6 Å². The summed E-state index contributed by atoms with van der Waals surface area (Å²) in [6, 6.07) is -0.355. The summed E-state index contributed by atoms with van der Waals surface area (Å²) in [4.78, 5) is 15.8. The average Bonchev–Trinajstić information content (AvgIpc) is 2.83. The molecule has 2 aliphatic rings. The summed E-state index contributed by atoms with van der Waals surface area (Å²) in [6.07, 6.45) is 0.552. The molecule has 2 atom stereocenters. The van der Waals surface area contributed by atoms with Crippen LogP contribution in [0.2, 0.25) is 0 Å². The first kappa shape index (κ1) is 15.6. The zero-order valence-electron chi connectivity index (χ0n) is 10.7. The SMILES string of the molecule is CN(C)C1CCN(C(=O)C2CC(F)(F)CN2)C1.Cl. The third-order valence-electron chi connectivity index (χ3n) is 3.61. The van der Waals surface area contributed by atoms with Gasteiger partial charge >= 0.3 is 0 Å². The van der Waals surface area contributed by atoms with Crippen molar-refractivity contribution in [2.24, 2.45) is 0 Å². The molecule has 0 radical (unpaired) electrons. The van der Waals surface area contributed by atoms with Crippen molar-refractivity contribution in [3.8, 4) is 0 Å². The van der Waals surface area contributed by atoms with E-state index in [1.807, 2.05) is 14.1 Å². The lowest BCUT2D eigenvalue weighted by Gasteiger charge is -2.22. The van der Waals surface area contributed by atoms with Gasteiger partial charge in [0.15, 0.2) is 0 Å². The molecule has 0 aromatic heterocycles. The van der Waals surface area contributed by atoms with E-state index in [0.29, 0.717) is 19.1 Å². The normalized spacial score (nSPS) is 30.6. The molecular weight excluding hydrogens is 264 g/mol. The standard InChI is InChI=1S/C11H19F2N3O.ClH/c1-15(2)8-3-4-16(6-8)10(17)9-5-11(12,13)7-14-9;/h8-9,14H,3-7H2,1-2H3;1H. The fraction of sp³-hybridized carbons (Fsp3) is 0.909. The molecule has 2 heterocycles. The van der Waals surface area contributed by atoms with E-state index in [1.165, 1.54) is 0 Å². The number of alkyl halides is 2. The molecule has 0 saturated carbocycles. The molecule has 0 aromatic carbocycles.